The molecule has 1 heterocycles. The summed E-state index contributed by atoms with van der Waals surface area (Å²) < 4.78 is 0. The van der Waals surface area contributed by atoms with Gasteiger partial charge in [-0.3, -0.25) is 9.69 Å². The maximum atomic E-state index is 12.3. The predicted octanol–water partition coefficient (Wildman–Crippen LogP) is 1.94. The fourth-order valence-electron chi connectivity index (χ4n) is 2.28. The molecular weight excluding hydrogens is 224 g/mol. The summed E-state index contributed by atoms with van der Waals surface area (Å²) in [7, 11) is 0. The van der Waals surface area contributed by atoms with Crippen LogP contribution in [-0.2, 0) is 0 Å². The lowest BCUT2D eigenvalue weighted by molar-refractivity contribution is 0.0650. The second kappa shape index (κ2) is 5.83. The third-order valence-electron chi connectivity index (χ3n) is 3.31. The van der Waals surface area contributed by atoms with Gasteiger partial charge in [0, 0.05) is 38.3 Å². The first-order chi connectivity index (χ1) is 8.70. The first-order valence-electron chi connectivity index (χ1n) is 6.40. The van der Waals surface area contributed by atoms with Gasteiger partial charge in [0.2, 0.25) is 0 Å². The number of benzene rings is 1. The molecule has 1 aliphatic heterocycles. The summed E-state index contributed by atoms with van der Waals surface area (Å²) in [5, 5.41) is 0. The van der Waals surface area contributed by atoms with E-state index in [9.17, 15) is 4.79 Å². The van der Waals surface area contributed by atoms with E-state index >= 15 is 0 Å². The Balaban J connectivity index is 1.97. The van der Waals surface area contributed by atoms with Crippen LogP contribution in [0.2, 0.25) is 0 Å². The van der Waals surface area contributed by atoms with Crippen LogP contribution in [0.3, 0.4) is 0 Å². The zero-order valence-electron chi connectivity index (χ0n) is 10.9. The highest BCUT2D eigenvalue weighted by Crippen LogP contribution is 2.10. The van der Waals surface area contributed by atoms with Gasteiger partial charge in [-0.05, 0) is 19.1 Å². The Kier molecular flexibility index (Phi) is 4.15. The lowest BCUT2D eigenvalue weighted by Crippen LogP contribution is -2.48. The number of amides is 1. The zero-order chi connectivity index (χ0) is 13.0. The van der Waals surface area contributed by atoms with E-state index in [1.54, 1.807) is 0 Å². The average molecular weight is 244 g/mol. The predicted molar refractivity (Wildman–Crippen MR) is 73.7 cm³/mol. The van der Waals surface area contributed by atoms with Gasteiger partial charge in [0.25, 0.3) is 5.91 Å². The molecule has 0 radical (unpaired) electrons. The number of hydrogen-bond donors (Lipinski definition) is 0. The summed E-state index contributed by atoms with van der Waals surface area (Å²) in [6, 6.07) is 7.80. The molecule has 0 saturated carbocycles. The van der Waals surface area contributed by atoms with Crippen molar-refractivity contribution in [2.45, 2.75) is 6.92 Å². The minimum absolute atomic E-state index is 0.150. The number of carbonyl (C=O) groups is 1. The van der Waals surface area contributed by atoms with Gasteiger partial charge in [-0.25, -0.2) is 0 Å². The maximum Gasteiger partial charge on any atom is 0.253 e. The van der Waals surface area contributed by atoms with E-state index in [1.165, 1.54) is 0 Å². The van der Waals surface area contributed by atoms with E-state index < -0.39 is 0 Å². The number of nitrogens with zero attached hydrogens (tertiary/aromatic N) is 2. The van der Waals surface area contributed by atoms with Crippen LogP contribution in [0, 0.1) is 6.92 Å². The van der Waals surface area contributed by atoms with Crippen LogP contribution in [0.4, 0.5) is 0 Å². The van der Waals surface area contributed by atoms with Gasteiger partial charge in [-0.15, -0.1) is 6.58 Å². The van der Waals surface area contributed by atoms with Crippen molar-refractivity contribution in [2.75, 3.05) is 32.7 Å². The third kappa shape index (κ3) is 2.99. The number of hydrogen-bond acceptors (Lipinski definition) is 2. The smallest absolute Gasteiger partial charge is 0.253 e. The molecule has 1 fully saturated rings. The Bertz CT molecular complexity index is 434. The molecule has 1 aromatic rings. The molecule has 0 atom stereocenters. The fraction of sp³-hybridized carbons (Fsp3) is 0.400. The molecule has 0 bridgehead atoms. The summed E-state index contributed by atoms with van der Waals surface area (Å²) in [6.45, 7) is 10.1. The second-order valence-electron chi connectivity index (χ2n) is 4.75. The van der Waals surface area contributed by atoms with Crippen LogP contribution < -0.4 is 0 Å². The number of aryl methyl sites for hydroxylation is 1. The molecule has 1 amide bonds. The summed E-state index contributed by atoms with van der Waals surface area (Å²) in [5.74, 6) is 0.150. The molecule has 18 heavy (non-hydrogen) atoms. The van der Waals surface area contributed by atoms with E-state index in [2.05, 4.69) is 11.5 Å². The van der Waals surface area contributed by atoms with Gasteiger partial charge in [-0.2, -0.15) is 0 Å². The van der Waals surface area contributed by atoms with Crippen molar-refractivity contribution in [3.63, 3.8) is 0 Å². The van der Waals surface area contributed by atoms with Crippen molar-refractivity contribution in [3.8, 4) is 0 Å². The van der Waals surface area contributed by atoms with E-state index in [0.29, 0.717) is 0 Å². The molecule has 3 nitrogen and oxygen atoms in total. The fourth-order valence-corrected chi connectivity index (χ4v) is 2.28. The first kappa shape index (κ1) is 12.8. The molecule has 0 N–H and O–H groups in total. The molecule has 3 heteroatoms. The highest BCUT2D eigenvalue weighted by molar-refractivity contribution is 5.94. The van der Waals surface area contributed by atoms with Gasteiger partial charge in [0.1, 0.15) is 0 Å². The Morgan fingerprint density at radius 2 is 2.06 bits per heavy atom. The van der Waals surface area contributed by atoms with Gasteiger partial charge in [0.15, 0.2) is 0 Å². The Morgan fingerprint density at radius 1 is 1.33 bits per heavy atom. The molecule has 1 aromatic carbocycles. The molecule has 96 valence electrons. The number of piperazine rings is 1. The second-order valence-corrected chi connectivity index (χ2v) is 4.75. The molecule has 0 aliphatic carbocycles. The van der Waals surface area contributed by atoms with E-state index in [0.717, 1.165) is 43.9 Å². The maximum absolute atomic E-state index is 12.3. The van der Waals surface area contributed by atoms with Crippen LogP contribution >= 0.6 is 0 Å². The van der Waals surface area contributed by atoms with Gasteiger partial charge in [-0.1, -0.05) is 23.8 Å². The highest BCUT2D eigenvalue weighted by atomic mass is 16.2. The van der Waals surface area contributed by atoms with Crippen LogP contribution in [0.5, 0.6) is 0 Å². The lowest BCUT2D eigenvalue weighted by Gasteiger charge is -2.34. The van der Waals surface area contributed by atoms with Crippen molar-refractivity contribution in [3.05, 3.63) is 48.0 Å². The standard InChI is InChI=1S/C15H20N2O/c1-3-7-16-8-10-17(11-9-16)15(18)14-6-4-5-13(2)12-14/h3-6,12H,1,7-11H2,2H3. The van der Waals surface area contributed by atoms with Crippen molar-refractivity contribution < 1.29 is 4.79 Å². The SMILES string of the molecule is C=CCN1CCN(C(=O)c2cccc(C)c2)CC1. The van der Waals surface area contributed by atoms with Gasteiger partial charge in [0.05, 0.1) is 0 Å². The Morgan fingerprint density at radius 3 is 2.67 bits per heavy atom. The molecule has 0 unspecified atom stereocenters. The minimum Gasteiger partial charge on any atom is -0.336 e. The zero-order valence-corrected chi connectivity index (χ0v) is 10.9. The lowest BCUT2D eigenvalue weighted by atomic mass is 10.1. The molecular formula is C15H20N2O. The quantitative estimate of drug-likeness (QED) is 0.759. The minimum atomic E-state index is 0.150. The van der Waals surface area contributed by atoms with Crippen LogP contribution in [0.25, 0.3) is 0 Å². The topological polar surface area (TPSA) is 23.6 Å². The van der Waals surface area contributed by atoms with Gasteiger partial charge >= 0.3 is 0 Å². The van der Waals surface area contributed by atoms with E-state index in [-0.39, 0.29) is 5.91 Å². The van der Waals surface area contributed by atoms with Crippen molar-refractivity contribution >= 4 is 5.91 Å². The molecule has 0 aromatic heterocycles. The summed E-state index contributed by atoms with van der Waals surface area (Å²) >= 11 is 0. The Hall–Kier alpha value is -1.61. The Labute approximate surface area is 109 Å². The highest BCUT2D eigenvalue weighted by Gasteiger charge is 2.21. The molecule has 0 spiro atoms. The first-order valence-corrected chi connectivity index (χ1v) is 6.40. The summed E-state index contributed by atoms with van der Waals surface area (Å²) in [4.78, 5) is 16.6. The van der Waals surface area contributed by atoms with Crippen LogP contribution in [-0.4, -0.2) is 48.4 Å². The summed E-state index contributed by atoms with van der Waals surface area (Å²) in [5.41, 5.74) is 1.93. The number of carbonyl (C=O) groups excluding carboxylic acids is 1. The third-order valence-corrected chi connectivity index (χ3v) is 3.31. The van der Waals surface area contributed by atoms with E-state index in [4.69, 9.17) is 0 Å². The monoisotopic (exact) mass is 244 g/mol. The molecule has 2 rings (SSSR count). The normalized spacial score (nSPS) is 16.6. The van der Waals surface area contributed by atoms with Crippen molar-refractivity contribution in [2.24, 2.45) is 0 Å². The molecule has 1 saturated heterocycles. The number of rotatable bonds is 3. The van der Waals surface area contributed by atoms with E-state index in [1.807, 2.05) is 42.2 Å². The van der Waals surface area contributed by atoms with Gasteiger partial charge < -0.3 is 4.90 Å². The average Bonchev–Trinajstić information content (AvgIpc) is 2.39. The largest absolute Gasteiger partial charge is 0.336 e. The van der Waals surface area contributed by atoms with Crippen LogP contribution in [0.15, 0.2) is 36.9 Å². The van der Waals surface area contributed by atoms with Crippen molar-refractivity contribution in [1.82, 2.24) is 9.80 Å². The van der Waals surface area contributed by atoms with Crippen LogP contribution in [0.1, 0.15) is 15.9 Å². The van der Waals surface area contributed by atoms with Crippen molar-refractivity contribution in [1.29, 1.82) is 0 Å². The summed E-state index contributed by atoms with van der Waals surface area (Å²) in [6.07, 6.45) is 1.91. The molecule has 1 aliphatic rings.